The van der Waals surface area contributed by atoms with E-state index in [4.69, 9.17) is 4.74 Å². The summed E-state index contributed by atoms with van der Waals surface area (Å²) in [5.41, 5.74) is 1.24. The van der Waals surface area contributed by atoms with Crippen molar-refractivity contribution in [3.8, 4) is 6.01 Å². The molecule has 2 aromatic rings. The highest BCUT2D eigenvalue weighted by Gasteiger charge is 2.35. The van der Waals surface area contributed by atoms with Crippen molar-refractivity contribution >= 4 is 44.9 Å². The van der Waals surface area contributed by atoms with Crippen LogP contribution >= 0.6 is 15.9 Å². The second-order valence-electron chi connectivity index (χ2n) is 6.36. The molecule has 1 atom stereocenters. The zero-order valence-electron chi connectivity index (χ0n) is 15.3. The first-order chi connectivity index (χ1) is 12.9. The molecule has 1 unspecified atom stereocenters. The first kappa shape index (κ1) is 19.1. The lowest BCUT2D eigenvalue weighted by Gasteiger charge is -2.19. The van der Waals surface area contributed by atoms with Crippen LogP contribution in [0.4, 0.5) is 17.2 Å². The molecule has 1 aromatic heterocycles. The molecule has 1 aliphatic rings. The number of anilines is 3. The van der Waals surface area contributed by atoms with Crippen LogP contribution in [-0.2, 0) is 9.59 Å². The monoisotopic (exact) mass is 433 g/mol. The smallest absolute Gasteiger partial charge is 0.318 e. The van der Waals surface area contributed by atoms with Gasteiger partial charge in [-0.3, -0.25) is 9.59 Å². The van der Waals surface area contributed by atoms with E-state index < -0.39 is 5.92 Å². The van der Waals surface area contributed by atoms with Gasteiger partial charge in [0.05, 0.1) is 19.2 Å². The van der Waals surface area contributed by atoms with Crippen molar-refractivity contribution in [3.05, 3.63) is 34.9 Å². The number of nitrogens with zero attached hydrogens (tertiary/aromatic N) is 4. The molecule has 1 aliphatic heterocycles. The van der Waals surface area contributed by atoms with E-state index in [2.05, 4.69) is 31.2 Å². The molecular weight excluding hydrogens is 414 g/mol. The van der Waals surface area contributed by atoms with E-state index >= 15 is 0 Å². The number of halogens is 1. The summed E-state index contributed by atoms with van der Waals surface area (Å²) in [7, 11) is 5.10. The molecule has 1 N–H and O–H groups in total. The minimum atomic E-state index is -0.450. The van der Waals surface area contributed by atoms with Crippen molar-refractivity contribution in [2.75, 3.05) is 42.9 Å². The highest BCUT2D eigenvalue weighted by Crippen LogP contribution is 2.29. The van der Waals surface area contributed by atoms with Gasteiger partial charge >= 0.3 is 6.01 Å². The zero-order chi connectivity index (χ0) is 19.6. The molecule has 2 heterocycles. The Kier molecular flexibility index (Phi) is 5.59. The largest absolute Gasteiger partial charge is 0.467 e. The predicted octanol–water partition coefficient (Wildman–Crippen LogP) is 2.31. The topological polar surface area (TPSA) is 87.7 Å². The summed E-state index contributed by atoms with van der Waals surface area (Å²) in [5, 5.41) is 2.84. The number of ether oxygens (including phenoxy) is 1. The van der Waals surface area contributed by atoms with Gasteiger partial charge in [0, 0.05) is 37.2 Å². The third kappa shape index (κ3) is 4.19. The summed E-state index contributed by atoms with van der Waals surface area (Å²) in [6.07, 6.45) is 1.66. The third-order valence-corrected chi connectivity index (χ3v) is 4.72. The van der Waals surface area contributed by atoms with Crippen molar-refractivity contribution in [1.29, 1.82) is 0 Å². The number of hydrogen-bond donors (Lipinski definition) is 1. The molecule has 0 radical (unpaired) electrons. The predicted molar refractivity (Wildman–Crippen MR) is 106 cm³/mol. The summed E-state index contributed by atoms with van der Waals surface area (Å²) >= 11 is 3.40. The Bertz CT molecular complexity index is 874. The van der Waals surface area contributed by atoms with Gasteiger partial charge in [-0.1, -0.05) is 22.0 Å². The lowest BCUT2D eigenvalue weighted by Crippen LogP contribution is -2.28. The van der Waals surface area contributed by atoms with Gasteiger partial charge < -0.3 is 19.9 Å². The Morgan fingerprint density at radius 2 is 2.19 bits per heavy atom. The zero-order valence-corrected chi connectivity index (χ0v) is 16.9. The summed E-state index contributed by atoms with van der Waals surface area (Å²) in [5.74, 6) is -0.234. The number of amides is 2. The molecule has 0 saturated carbocycles. The SMILES string of the molecule is COc1ncc(NC(=O)C2CC(=O)N(c3cccc(Br)c3)C2)c(N(C)C)n1. The molecule has 1 aromatic carbocycles. The van der Waals surface area contributed by atoms with Crippen molar-refractivity contribution in [3.63, 3.8) is 0 Å². The molecule has 2 amide bonds. The average molecular weight is 434 g/mol. The van der Waals surface area contributed by atoms with Gasteiger partial charge in [0.15, 0.2) is 5.82 Å². The van der Waals surface area contributed by atoms with Gasteiger partial charge in [-0.2, -0.15) is 4.98 Å². The lowest BCUT2D eigenvalue weighted by molar-refractivity contribution is -0.122. The van der Waals surface area contributed by atoms with Crippen LogP contribution in [0.2, 0.25) is 0 Å². The van der Waals surface area contributed by atoms with Crippen molar-refractivity contribution in [2.24, 2.45) is 5.92 Å². The minimum Gasteiger partial charge on any atom is -0.467 e. The van der Waals surface area contributed by atoms with Crippen LogP contribution in [0.25, 0.3) is 0 Å². The van der Waals surface area contributed by atoms with Gasteiger partial charge in [-0.15, -0.1) is 0 Å². The van der Waals surface area contributed by atoms with Crippen molar-refractivity contribution < 1.29 is 14.3 Å². The standard InChI is InChI=1S/C18H20BrN5O3/c1-23(2)16-14(9-20-18(22-16)27-3)21-17(26)11-7-15(25)24(10-11)13-6-4-5-12(19)8-13/h4-6,8-9,11H,7,10H2,1-3H3,(H,21,26). The molecule has 9 heteroatoms. The second-order valence-corrected chi connectivity index (χ2v) is 7.28. The molecule has 142 valence electrons. The highest BCUT2D eigenvalue weighted by atomic mass is 79.9. The van der Waals surface area contributed by atoms with E-state index in [0.29, 0.717) is 18.1 Å². The fraction of sp³-hybridized carbons (Fsp3) is 0.333. The van der Waals surface area contributed by atoms with E-state index in [0.717, 1.165) is 10.2 Å². The quantitative estimate of drug-likeness (QED) is 0.777. The maximum Gasteiger partial charge on any atom is 0.318 e. The van der Waals surface area contributed by atoms with Gasteiger partial charge in [-0.25, -0.2) is 4.98 Å². The summed E-state index contributed by atoms with van der Waals surface area (Å²) < 4.78 is 5.92. The molecule has 1 saturated heterocycles. The number of benzene rings is 1. The summed E-state index contributed by atoms with van der Waals surface area (Å²) in [6, 6.07) is 7.68. The van der Waals surface area contributed by atoms with Gasteiger partial charge in [0.2, 0.25) is 11.8 Å². The number of carbonyl (C=O) groups excluding carboxylic acids is 2. The Morgan fingerprint density at radius 1 is 1.41 bits per heavy atom. The maximum absolute atomic E-state index is 12.7. The Balaban J connectivity index is 1.75. The van der Waals surface area contributed by atoms with Crippen LogP contribution in [-0.4, -0.2) is 49.5 Å². The van der Waals surface area contributed by atoms with E-state index in [-0.39, 0.29) is 24.2 Å². The molecule has 0 spiro atoms. The highest BCUT2D eigenvalue weighted by molar-refractivity contribution is 9.10. The first-order valence-electron chi connectivity index (χ1n) is 8.34. The minimum absolute atomic E-state index is 0.0768. The average Bonchev–Trinajstić information content (AvgIpc) is 3.03. The summed E-state index contributed by atoms with van der Waals surface area (Å²) in [6.45, 7) is 0.329. The molecule has 1 fully saturated rings. The van der Waals surface area contributed by atoms with E-state index in [1.165, 1.54) is 13.3 Å². The van der Waals surface area contributed by atoms with Crippen LogP contribution in [0.1, 0.15) is 6.42 Å². The van der Waals surface area contributed by atoms with Gasteiger partial charge in [-0.05, 0) is 18.2 Å². The van der Waals surface area contributed by atoms with Crippen LogP contribution in [0.5, 0.6) is 6.01 Å². The summed E-state index contributed by atoms with van der Waals surface area (Å²) in [4.78, 5) is 36.8. The number of carbonyl (C=O) groups is 2. The molecule has 8 nitrogen and oxygen atoms in total. The molecule has 27 heavy (non-hydrogen) atoms. The van der Waals surface area contributed by atoms with Crippen LogP contribution in [0.3, 0.4) is 0 Å². The number of aromatic nitrogens is 2. The Labute approximate surface area is 165 Å². The number of hydrogen-bond acceptors (Lipinski definition) is 6. The van der Waals surface area contributed by atoms with Crippen molar-refractivity contribution in [2.45, 2.75) is 6.42 Å². The Hall–Kier alpha value is -2.68. The van der Waals surface area contributed by atoms with Crippen molar-refractivity contribution in [1.82, 2.24) is 9.97 Å². The number of rotatable bonds is 5. The van der Waals surface area contributed by atoms with E-state index in [1.54, 1.807) is 9.80 Å². The van der Waals surface area contributed by atoms with Crippen LogP contribution in [0, 0.1) is 5.92 Å². The normalized spacial score (nSPS) is 16.4. The molecule has 3 rings (SSSR count). The van der Waals surface area contributed by atoms with E-state index in [1.807, 2.05) is 38.4 Å². The van der Waals surface area contributed by atoms with Crippen LogP contribution < -0.4 is 19.9 Å². The number of methoxy groups -OCH3 is 1. The second kappa shape index (κ2) is 7.91. The molecule has 0 aliphatic carbocycles. The van der Waals surface area contributed by atoms with E-state index in [9.17, 15) is 9.59 Å². The van der Waals surface area contributed by atoms with Crippen LogP contribution in [0.15, 0.2) is 34.9 Å². The molecular formula is C18H20BrN5O3. The van der Waals surface area contributed by atoms with Gasteiger partial charge in [0.25, 0.3) is 0 Å². The Morgan fingerprint density at radius 3 is 2.85 bits per heavy atom. The maximum atomic E-state index is 12.7. The molecule has 0 bridgehead atoms. The fourth-order valence-corrected chi connectivity index (χ4v) is 3.28. The van der Waals surface area contributed by atoms with Gasteiger partial charge in [0.1, 0.15) is 5.69 Å². The first-order valence-corrected chi connectivity index (χ1v) is 9.13. The number of nitrogens with one attached hydrogen (secondary N) is 1. The third-order valence-electron chi connectivity index (χ3n) is 4.23. The lowest BCUT2D eigenvalue weighted by atomic mass is 10.1. The fourth-order valence-electron chi connectivity index (χ4n) is 2.90.